The van der Waals surface area contributed by atoms with E-state index in [-0.39, 0.29) is 19.1 Å². The first-order valence-corrected chi connectivity index (χ1v) is 6.13. The highest BCUT2D eigenvalue weighted by molar-refractivity contribution is 9.10. The van der Waals surface area contributed by atoms with E-state index in [1.165, 1.54) is 0 Å². The molecule has 3 N–H and O–H groups in total. The second-order valence-electron chi connectivity index (χ2n) is 4.06. The van der Waals surface area contributed by atoms with Crippen LogP contribution in [0.2, 0.25) is 0 Å². The molecule has 0 radical (unpaired) electrons. The molecule has 0 aliphatic rings. The number of nitrogens with one attached hydrogen (secondary N) is 1. The Morgan fingerprint density at radius 1 is 1.53 bits per heavy atom. The highest BCUT2D eigenvalue weighted by Crippen LogP contribution is 2.15. The maximum atomic E-state index is 12.0. The predicted octanol–water partition coefficient (Wildman–Crippen LogP) is 0.651. The predicted molar refractivity (Wildman–Crippen MR) is 67.8 cm³/mol. The van der Waals surface area contributed by atoms with Gasteiger partial charge in [0.1, 0.15) is 5.69 Å². The van der Waals surface area contributed by atoms with Crippen molar-refractivity contribution in [2.24, 2.45) is 7.05 Å². The van der Waals surface area contributed by atoms with Crippen LogP contribution in [0.5, 0.6) is 0 Å². The van der Waals surface area contributed by atoms with Crippen molar-refractivity contribution in [3.8, 4) is 0 Å². The molecule has 17 heavy (non-hydrogen) atoms. The van der Waals surface area contributed by atoms with Crippen LogP contribution in [0.1, 0.15) is 23.8 Å². The van der Waals surface area contributed by atoms with Crippen LogP contribution >= 0.6 is 15.9 Å². The summed E-state index contributed by atoms with van der Waals surface area (Å²) in [5, 5.41) is 21.2. The fraction of sp³-hybridized carbons (Fsp3) is 0.545. The lowest BCUT2D eigenvalue weighted by Gasteiger charge is -2.29. The molecule has 5 nitrogen and oxygen atoms in total. The fourth-order valence-electron chi connectivity index (χ4n) is 1.50. The van der Waals surface area contributed by atoms with Crippen LogP contribution in [0, 0.1) is 0 Å². The minimum atomic E-state index is -0.964. The minimum Gasteiger partial charge on any atom is -0.394 e. The topological polar surface area (TPSA) is 74.5 Å². The summed E-state index contributed by atoms with van der Waals surface area (Å²) < 4.78 is 2.48. The van der Waals surface area contributed by atoms with Crippen molar-refractivity contribution in [2.75, 3.05) is 13.2 Å². The fourth-order valence-corrected chi connectivity index (χ4v) is 2.02. The zero-order valence-corrected chi connectivity index (χ0v) is 11.5. The van der Waals surface area contributed by atoms with E-state index in [1.54, 1.807) is 30.8 Å². The third kappa shape index (κ3) is 3.08. The number of aryl methyl sites for hydroxylation is 1. The standard InChI is InChI=1S/C11H17BrN2O3/c1-3-11(6-15,7-16)13-10(17)9-4-8(12)5-14(9)2/h4-5,15-16H,3,6-7H2,1-2H3,(H,13,17). The molecular formula is C11H17BrN2O3. The van der Waals surface area contributed by atoms with Gasteiger partial charge in [0, 0.05) is 17.7 Å². The molecule has 1 aromatic rings. The van der Waals surface area contributed by atoms with Crippen molar-refractivity contribution < 1.29 is 15.0 Å². The highest BCUT2D eigenvalue weighted by atomic mass is 79.9. The van der Waals surface area contributed by atoms with Gasteiger partial charge in [0.25, 0.3) is 5.91 Å². The summed E-state index contributed by atoms with van der Waals surface area (Å²) in [6.45, 7) is 1.21. The highest BCUT2D eigenvalue weighted by Gasteiger charge is 2.29. The van der Waals surface area contributed by atoms with Gasteiger partial charge in [-0.1, -0.05) is 6.92 Å². The van der Waals surface area contributed by atoms with E-state index in [0.717, 1.165) is 4.47 Å². The number of carbonyl (C=O) groups excluding carboxylic acids is 1. The zero-order valence-electron chi connectivity index (χ0n) is 9.90. The third-order valence-corrected chi connectivity index (χ3v) is 3.30. The van der Waals surface area contributed by atoms with Crippen molar-refractivity contribution in [1.29, 1.82) is 0 Å². The molecule has 0 atom stereocenters. The molecule has 6 heteroatoms. The van der Waals surface area contributed by atoms with Crippen LogP contribution < -0.4 is 5.32 Å². The summed E-state index contributed by atoms with van der Waals surface area (Å²) in [4.78, 5) is 12.0. The second kappa shape index (κ2) is 5.66. The van der Waals surface area contributed by atoms with Gasteiger partial charge >= 0.3 is 0 Å². The molecule has 1 rings (SSSR count). The average molecular weight is 305 g/mol. The van der Waals surface area contributed by atoms with Gasteiger partial charge in [-0.05, 0) is 28.4 Å². The van der Waals surface area contributed by atoms with Crippen LogP contribution in [0.4, 0.5) is 0 Å². The molecule has 96 valence electrons. The Labute approximate surface area is 109 Å². The maximum Gasteiger partial charge on any atom is 0.268 e. The first kappa shape index (κ1) is 14.2. The Balaban J connectivity index is 2.88. The Hall–Kier alpha value is -0.850. The molecule has 0 aliphatic heterocycles. The molecule has 1 aromatic heterocycles. The van der Waals surface area contributed by atoms with E-state index >= 15 is 0 Å². The van der Waals surface area contributed by atoms with Crippen molar-refractivity contribution in [1.82, 2.24) is 9.88 Å². The Morgan fingerprint density at radius 2 is 2.12 bits per heavy atom. The van der Waals surface area contributed by atoms with Gasteiger partial charge in [-0.15, -0.1) is 0 Å². The number of rotatable bonds is 5. The number of carbonyl (C=O) groups is 1. The third-order valence-electron chi connectivity index (χ3n) is 2.87. The number of hydrogen-bond donors (Lipinski definition) is 3. The van der Waals surface area contributed by atoms with Crippen molar-refractivity contribution in [3.05, 3.63) is 22.4 Å². The molecule has 0 saturated heterocycles. The van der Waals surface area contributed by atoms with E-state index in [4.69, 9.17) is 0 Å². The van der Waals surface area contributed by atoms with E-state index < -0.39 is 5.54 Å². The number of halogens is 1. The van der Waals surface area contributed by atoms with E-state index in [2.05, 4.69) is 21.2 Å². The Bertz CT molecular complexity index is 391. The van der Waals surface area contributed by atoms with Crippen LogP contribution in [-0.2, 0) is 7.05 Å². The Kier molecular flexibility index (Phi) is 4.73. The van der Waals surface area contributed by atoms with E-state index in [0.29, 0.717) is 12.1 Å². The summed E-state index contributed by atoms with van der Waals surface area (Å²) in [7, 11) is 1.76. The lowest BCUT2D eigenvalue weighted by Crippen LogP contribution is -2.54. The average Bonchev–Trinajstić information content (AvgIpc) is 2.65. The number of amides is 1. The SMILES string of the molecule is CCC(CO)(CO)NC(=O)c1cc(Br)cn1C. The largest absolute Gasteiger partial charge is 0.394 e. The van der Waals surface area contributed by atoms with Gasteiger partial charge in [0.2, 0.25) is 0 Å². The van der Waals surface area contributed by atoms with Gasteiger partial charge in [-0.25, -0.2) is 0 Å². The zero-order chi connectivity index (χ0) is 13.1. The van der Waals surface area contributed by atoms with Crippen molar-refractivity contribution >= 4 is 21.8 Å². The lowest BCUT2D eigenvalue weighted by molar-refractivity contribution is 0.0646. The number of aromatic nitrogens is 1. The number of aliphatic hydroxyl groups is 2. The van der Waals surface area contributed by atoms with Gasteiger partial charge in [0.05, 0.1) is 18.8 Å². The van der Waals surface area contributed by atoms with Crippen molar-refractivity contribution in [2.45, 2.75) is 18.9 Å². The molecule has 0 spiro atoms. The normalized spacial score (nSPS) is 11.6. The first-order valence-electron chi connectivity index (χ1n) is 5.34. The number of nitrogens with zero attached hydrogens (tertiary/aromatic N) is 1. The summed E-state index contributed by atoms with van der Waals surface area (Å²) in [5.74, 6) is -0.317. The maximum absolute atomic E-state index is 12.0. The van der Waals surface area contributed by atoms with Gasteiger partial charge < -0.3 is 20.1 Å². The van der Waals surface area contributed by atoms with Crippen LogP contribution in [0.3, 0.4) is 0 Å². The Morgan fingerprint density at radius 3 is 2.47 bits per heavy atom. The van der Waals surface area contributed by atoms with Gasteiger partial charge in [0.15, 0.2) is 0 Å². The number of hydrogen-bond acceptors (Lipinski definition) is 3. The minimum absolute atomic E-state index is 0.294. The number of aliphatic hydroxyl groups excluding tert-OH is 2. The quantitative estimate of drug-likeness (QED) is 0.748. The first-order chi connectivity index (χ1) is 7.98. The summed E-state index contributed by atoms with van der Waals surface area (Å²) >= 11 is 3.28. The summed E-state index contributed by atoms with van der Waals surface area (Å²) in [6, 6.07) is 1.69. The second-order valence-corrected chi connectivity index (χ2v) is 4.97. The van der Waals surface area contributed by atoms with Crippen molar-refractivity contribution in [3.63, 3.8) is 0 Å². The van der Waals surface area contributed by atoms with Crippen LogP contribution in [0.15, 0.2) is 16.7 Å². The molecule has 0 fully saturated rings. The molecule has 1 amide bonds. The van der Waals surface area contributed by atoms with Gasteiger partial charge in [-0.3, -0.25) is 4.79 Å². The van der Waals surface area contributed by atoms with E-state index in [9.17, 15) is 15.0 Å². The molecule has 0 bridgehead atoms. The van der Waals surface area contributed by atoms with E-state index in [1.807, 2.05) is 0 Å². The van der Waals surface area contributed by atoms with Gasteiger partial charge in [-0.2, -0.15) is 0 Å². The van der Waals surface area contributed by atoms with Crippen LogP contribution in [-0.4, -0.2) is 39.4 Å². The molecule has 0 saturated carbocycles. The molecule has 0 aromatic carbocycles. The summed E-state index contributed by atoms with van der Waals surface area (Å²) in [5.41, 5.74) is -0.495. The molecule has 1 heterocycles. The molecular weight excluding hydrogens is 288 g/mol. The smallest absolute Gasteiger partial charge is 0.268 e. The molecule has 0 unspecified atom stereocenters. The van der Waals surface area contributed by atoms with Crippen LogP contribution in [0.25, 0.3) is 0 Å². The summed E-state index contributed by atoms with van der Waals surface area (Å²) in [6.07, 6.45) is 2.22. The molecule has 0 aliphatic carbocycles. The lowest BCUT2D eigenvalue weighted by atomic mass is 9.98. The monoisotopic (exact) mass is 304 g/mol.